The standard InChI is InChI=1S/C20H22/c1-13-18(19(2,3)4)14-9-5-6-10-15(14)20(13)16-11-7-8-12-17(16)20/h5-13,18H,1-4H3. The van der Waals surface area contributed by atoms with E-state index < -0.39 is 0 Å². The Bertz CT molecular complexity index is 664. The fourth-order valence-corrected chi connectivity index (χ4v) is 4.97. The molecule has 102 valence electrons. The average molecular weight is 262 g/mol. The van der Waals surface area contributed by atoms with Crippen molar-refractivity contribution in [2.45, 2.75) is 39.0 Å². The molecule has 0 aliphatic heterocycles. The Kier molecular flexibility index (Phi) is 2.17. The van der Waals surface area contributed by atoms with Gasteiger partial charge in [-0.1, -0.05) is 76.2 Å². The van der Waals surface area contributed by atoms with E-state index >= 15 is 0 Å². The van der Waals surface area contributed by atoms with Gasteiger partial charge in [-0.25, -0.2) is 0 Å². The molecule has 2 aromatic carbocycles. The Morgan fingerprint density at radius 3 is 1.85 bits per heavy atom. The summed E-state index contributed by atoms with van der Waals surface area (Å²) >= 11 is 0. The summed E-state index contributed by atoms with van der Waals surface area (Å²) in [6, 6.07) is 18.2. The monoisotopic (exact) mass is 262 g/mol. The summed E-state index contributed by atoms with van der Waals surface area (Å²) < 4.78 is 0. The van der Waals surface area contributed by atoms with E-state index in [4.69, 9.17) is 0 Å². The third-order valence-corrected chi connectivity index (χ3v) is 5.55. The SMILES string of the molecule is CC1C(C(C)(C)C)c2ccccc2C12c1ccccc12. The van der Waals surface area contributed by atoms with Crippen LogP contribution >= 0.6 is 0 Å². The summed E-state index contributed by atoms with van der Waals surface area (Å²) in [5.74, 6) is 1.28. The van der Waals surface area contributed by atoms with E-state index in [0.717, 1.165) is 0 Å². The summed E-state index contributed by atoms with van der Waals surface area (Å²) in [5, 5.41) is 0. The van der Waals surface area contributed by atoms with Crippen molar-refractivity contribution in [2.24, 2.45) is 11.3 Å². The van der Waals surface area contributed by atoms with Crippen LogP contribution in [-0.2, 0) is 5.41 Å². The number of hydrogen-bond acceptors (Lipinski definition) is 0. The lowest BCUT2D eigenvalue weighted by atomic mass is 9.70. The third kappa shape index (κ3) is 1.23. The average Bonchev–Trinajstić information content (AvgIpc) is 2.99. The predicted molar refractivity (Wildman–Crippen MR) is 84.1 cm³/mol. The van der Waals surface area contributed by atoms with Gasteiger partial charge in [0.2, 0.25) is 0 Å². The normalized spacial score (nSPS) is 25.4. The van der Waals surface area contributed by atoms with Crippen molar-refractivity contribution in [3.05, 3.63) is 70.8 Å². The van der Waals surface area contributed by atoms with Gasteiger partial charge in [0.1, 0.15) is 0 Å². The van der Waals surface area contributed by atoms with Crippen molar-refractivity contribution in [2.75, 3.05) is 0 Å². The molecule has 0 radical (unpaired) electrons. The fraction of sp³-hybridized carbons (Fsp3) is 0.400. The van der Waals surface area contributed by atoms with Crippen LogP contribution in [0.1, 0.15) is 55.9 Å². The Balaban J connectivity index is 1.98. The van der Waals surface area contributed by atoms with Gasteiger partial charge in [-0.15, -0.1) is 0 Å². The van der Waals surface area contributed by atoms with Crippen molar-refractivity contribution in [1.82, 2.24) is 0 Å². The van der Waals surface area contributed by atoms with Gasteiger partial charge in [0.25, 0.3) is 0 Å². The van der Waals surface area contributed by atoms with Gasteiger partial charge in [-0.2, -0.15) is 0 Å². The molecule has 0 fully saturated rings. The summed E-state index contributed by atoms with van der Waals surface area (Å²) in [6.07, 6.45) is 0. The van der Waals surface area contributed by atoms with E-state index in [-0.39, 0.29) is 5.41 Å². The minimum atomic E-state index is 0.220. The highest BCUT2D eigenvalue weighted by Gasteiger charge is 2.63. The quantitative estimate of drug-likeness (QED) is 0.618. The molecule has 20 heavy (non-hydrogen) atoms. The van der Waals surface area contributed by atoms with Crippen LogP contribution in [0.25, 0.3) is 0 Å². The molecule has 0 heteroatoms. The zero-order valence-corrected chi connectivity index (χ0v) is 12.8. The number of benzene rings is 2. The molecule has 0 heterocycles. The lowest BCUT2D eigenvalue weighted by Gasteiger charge is -2.33. The molecule has 2 unspecified atom stereocenters. The second-order valence-electron chi connectivity index (χ2n) is 7.57. The van der Waals surface area contributed by atoms with Crippen LogP contribution < -0.4 is 0 Å². The largest absolute Gasteiger partial charge is 0.0620 e. The molecule has 0 N–H and O–H groups in total. The highest BCUT2D eigenvalue weighted by Crippen LogP contribution is 2.69. The minimum absolute atomic E-state index is 0.220. The molecule has 2 atom stereocenters. The van der Waals surface area contributed by atoms with Gasteiger partial charge in [0.05, 0.1) is 0 Å². The van der Waals surface area contributed by atoms with E-state index in [1.165, 1.54) is 0 Å². The van der Waals surface area contributed by atoms with E-state index in [0.29, 0.717) is 17.3 Å². The van der Waals surface area contributed by atoms with Gasteiger partial charge in [-0.05, 0) is 39.5 Å². The summed E-state index contributed by atoms with van der Waals surface area (Å²) in [6.45, 7) is 9.61. The molecule has 2 aliphatic carbocycles. The Morgan fingerprint density at radius 1 is 0.800 bits per heavy atom. The first kappa shape index (κ1) is 12.2. The Labute approximate surface area is 121 Å². The molecule has 2 aromatic rings. The zero-order chi connectivity index (χ0) is 14.1. The molecule has 0 saturated heterocycles. The van der Waals surface area contributed by atoms with Crippen LogP contribution in [0, 0.1) is 11.3 Å². The lowest BCUT2D eigenvalue weighted by Crippen LogP contribution is -2.26. The van der Waals surface area contributed by atoms with Crippen molar-refractivity contribution in [3.8, 4) is 0 Å². The predicted octanol–water partition coefficient (Wildman–Crippen LogP) is 5.11. The number of rotatable bonds is 0. The van der Waals surface area contributed by atoms with Crippen LogP contribution in [0.4, 0.5) is 0 Å². The van der Waals surface area contributed by atoms with Gasteiger partial charge in [0, 0.05) is 5.41 Å². The van der Waals surface area contributed by atoms with Crippen molar-refractivity contribution in [1.29, 1.82) is 0 Å². The van der Waals surface area contributed by atoms with E-state index in [9.17, 15) is 0 Å². The second kappa shape index (κ2) is 3.55. The summed E-state index contributed by atoms with van der Waals surface area (Å²) in [4.78, 5) is 0. The molecule has 2 aliphatic rings. The van der Waals surface area contributed by atoms with Gasteiger partial charge in [-0.3, -0.25) is 0 Å². The van der Waals surface area contributed by atoms with Crippen LogP contribution in [0.5, 0.6) is 0 Å². The lowest BCUT2D eigenvalue weighted by molar-refractivity contribution is 0.244. The molecule has 0 saturated carbocycles. The minimum Gasteiger partial charge on any atom is -0.0620 e. The molecule has 0 nitrogen and oxygen atoms in total. The molecule has 4 rings (SSSR count). The first-order valence-corrected chi connectivity index (χ1v) is 7.68. The van der Waals surface area contributed by atoms with Crippen molar-refractivity contribution >= 4 is 0 Å². The highest BCUT2D eigenvalue weighted by atomic mass is 14.6. The number of hydrogen-bond donors (Lipinski definition) is 0. The molecule has 0 bridgehead atoms. The molecular formula is C20H22. The third-order valence-electron chi connectivity index (χ3n) is 5.55. The first-order chi connectivity index (χ1) is 9.49. The Morgan fingerprint density at radius 2 is 1.30 bits per heavy atom. The van der Waals surface area contributed by atoms with Crippen molar-refractivity contribution < 1.29 is 0 Å². The maximum Gasteiger partial charge on any atom is 0.0492 e. The van der Waals surface area contributed by atoms with Crippen LogP contribution in [0.2, 0.25) is 0 Å². The van der Waals surface area contributed by atoms with E-state index in [2.05, 4.69) is 76.2 Å². The maximum absolute atomic E-state index is 2.45. The highest BCUT2D eigenvalue weighted by molar-refractivity contribution is 5.73. The van der Waals surface area contributed by atoms with Crippen LogP contribution in [0.3, 0.4) is 0 Å². The maximum atomic E-state index is 2.45. The molecule has 0 amide bonds. The Hall–Kier alpha value is -1.56. The van der Waals surface area contributed by atoms with E-state index in [1.54, 1.807) is 22.3 Å². The second-order valence-corrected chi connectivity index (χ2v) is 7.57. The van der Waals surface area contributed by atoms with Gasteiger partial charge < -0.3 is 0 Å². The molecule has 0 aromatic heterocycles. The van der Waals surface area contributed by atoms with Gasteiger partial charge >= 0.3 is 0 Å². The van der Waals surface area contributed by atoms with Crippen molar-refractivity contribution in [3.63, 3.8) is 0 Å². The summed E-state index contributed by atoms with van der Waals surface area (Å²) in [5.41, 5.74) is 6.79. The smallest absolute Gasteiger partial charge is 0.0492 e. The van der Waals surface area contributed by atoms with Gasteiger partial charge in [0.15, 0.2) is 0 Å². The summed E-state index contributed by atoms with van der Waals surface area (Å²) in [7, 11) is 0. The fourth-order valence-electron chi connectivity index (χ4n) is 4.97. The zero-order valence-electron chi connectivity index (χ0n) is 12.8. The first-order valence-electron chi connectivity index (χ1n) is 7.68. The molecular weight excluding hydrogens is 240 g/mol. The number of fused-ring (bicyclic) bond motifs is 5. The molecule has 1 spiro atoms. The topological polar surface area (TPSA) is 0 Å². The van der Waals surface area contributed by atoms with Crippen LogP contribution in [0.15, 0.2) is 48.5 Å². The van der Waals surface area contributed by atoms with Crippen LogP contribution in [-0.4, -0.2) is 0 Å². The van der Waals surface area contributed by atoms with E-state index in [1.807, 2.05) is 0 Å².